The SMILES string of the molecule is N=C(NCc1ccc(Cl)cc1)NC(=O)c1cccc2ccccc12. The number of hydrogen-bond donors (Lipinski definition) is 3. The smallest absolute Gasteiger partial charge is 0.258 e. The molecule has 3 rings (SSSR count). The van der Waals surface area contributed by atoms with E-state index in [0.717, 1.165) is 16.3 Å². The van der Waals surface area contributed by atoms with Crippen LogP contribution in [0.3, 0.4) is 0 Å². The van der Waals surface area contributed by atoms with Gasteiger partial charge in [0.15, 0.2) is 5.96 Å². The number of hydrogen-bond acceptors (Lipinski definition) is 2. The third-order valence-electron chi connectivity index (χ3n) is 3.66. The van der Waals surface area contributed by atoms with Crippen molar-refractivity contribution in [1.82, 2.24) is 10.6 Å². The molecule has 0 spiro atoms. The molecule has 0 heterocycles. The number of nitrogens with one attached hydrogen (secondary N) is 3. The van der Waals surface area contributed by atoms with Gasteiger partial charge in [-0.15, -0.1) is 0 Å². The molecule has 0 saturated heterocycles. The molecule has 0 radical (unpaired) electrons. The average Bonchev–Trinajstić information content (AvgIpc) is 2.60. The van der Waals surface area contributed by atoms with Crippen LogP contribution in [-0.2, 0) is 6.54 Å². The summed E-state index contributed by atoms with van der Waals surface area (Å²) in [7, 11) is 0. The highest BCUT2D eigenvalue weighted by molar-refractivity contribution is 6.30. The zero-order valence-electron chi connectivity index (χ0n) is 12.8. The number of carbonyl (C=O) groups excluding carboxylic acids is 1. The first-order valence-electron chi connectivity index (χ1n) is 7.49. The Morgan fingerprint density at radius 2 is 1.67 bits per heavy atom. The lowest BCUT2D eigenvalue weighted by Crippen LogP contribution is -2.39. The molecule has 0 aromatic heterocycles. The minimum absolute atomic E-state index is 0.0390. The molecule has 3 aromatic rings. The highest BCUT2D eigenvalue weighted by Crippen LogP contribution is 2.18. The van der Waals surface area contributed by atoms with Crippen molar-refractivity contribution in [2.45, 2.75) is 6.54 Å². The molecular weight excluding hydrogens is 322 g/mol. The van der Waals surface area contributed by atoms with Crippen LogP contribution in [0.25, 0.3) is 10.8 Å². The fourth-order valence-electron chi connectivity index (χ4n) is 2.44. The molecule has 0 unspecified atom stereocenters. The molecule has 0 fully saturated rings. The summed E-state index contributed by atoms with van der Waals surface area (Å²) in [5.41, 5.74) is 1.52. The Balaban J connectivity index is 1.65. The van der Waals surface area contributed by atoms with E-state index in [1.807, 2.05) is 48.5 Å². The molecule has 24 heavy (non-hydrogen) atoms. The molecule has 3 N–H and O–H groups in total. The van der Waals surface area contributed by atoms with Gasteiger partial charge in [0.25, 0.3) is 5.91 Å². The number of amides is 1. The predicted octanol–water partition coefficient (Wildman–Crippen LogP) is 3.95. The Bertz CT molecular complexity index is 885. The summed E-state index contributed by atoms with van der Waals surface area (Å²) in [5, 5.41) is 15.9. The number of halogens is 1. The molecule has 0 aliphatic rings. The molecule has 1 amide bonds. The Morgan fingerprint density at radius 3 is 2.46 bits per heavy atom. The Hall–Kier alpha value is -2.85. The van der Waals surface area contributed by atoms with Gasteiger partial charge in [0.1, 0.15) is 0 Å². The summed E-state index contributed by atoms with van der Waals surface area (Å²) in [5.74, 6) is -0.344. The summed E-state index contributed by atoms with van der Waals surface area (Å²) >= 11 is 5.84. The van der Waals surface area contributed by atoms with Crippen LogP contribution in [0.5, 0.6) is 0 Å². The second-order valence-electron chi connectivity index (χ2n) is 5.34. The average molecular weight is 338 g/mol. The number of rotatable bonds is 3. The van der Waals surface area contributed by atoms with E-state index in [4.69, 9.17) is 17.0 Å². The van der Waals surface area contributed by atoms with Gasteiger partial charge in [-0.2, -0.15) is 0 Å². The normalized spacial score (nSPS) is 10.4. The number of carbonyl (C=O) groups is 1. The summed E-state index contributed by atoms with van der Waals surface area (Å²) in [6.45, 7) is 0.436. The third kappa shape index (κ3) is 3.73. The quantitative estimate of drug-likeness (QED) is 0.500. The number of fused-ring (bicyclic) bond motifs is 1. The molecule has 0 saturated carbocycles. The van der Waals surface area contributed by atoms with Crippen LogP contribution < -0.4 is 10.6 Å². The van der Waals surface area contributed by atoms with Crippen LogP contribution in [0.2, 0.25) is 5.02 Å². The van der Waals surface area contributed by atoms with Crippen molar-refractivity contribution in [2.24, 2.45) is 0 Å². The maximum Gasteiger partial charge on any atom is 0.258 e. The van der Waals surface area contributed by atoms with Gasteiger partial charge in [-0.3, -0.25) is 15.5 Å². The van der Waals surface area contributed by atoms with E-state index >= 15 is 0 Å². The maximum absolute atomic E-state index is 12.4. The zero-order chi connectivity index (χ0) is 16.9. The van der Waals surface area contributed by atoms with Crippen LogP contribution >= 0.6 is 11.6 Å². The van der Waals surface area contributed by atoms with E-state index in [-0.39, 0.29) is 11.9 Å². The summed E-state index contributed by atoms with van der Waals surface area (Å²) in [6, 6.07) is 20.5. The number of guanidine groups is 1. The minimum atomic E-state index is -0.305. The van der Waals surface area contributed by atoms with Gasteiger partial charge in [-0.1, -0.05) is 60.1 Å². The molecule has 0 aliphatic carbocycles. The van der Waals surface area contributed by atoms with Gasteiger partial charge in [0.05, 0.1) is 0 Å². The van der Waals surface area contributed by atoms with E-state index in [9.17, 15) is 4.79 Å². The first-order chi connectivity index (χ1) is 11.6. The van der Waals surface area contributed by atoms with Gasteiger partial charge in [-0.05, 0) is 34.5 Å². The molecule has 120 valence electrons. The van der Waals surface area contributed by atoms with Crippen molar-refractivity contribution in [1.29, 1.82) is 5.41 Å². The van der Waals surface area contributed by atoms with Gasteiger partial charge in [0.2, 0.25) is 0 Å². The van der Waals surface area contributed by atoms with E-state index in [1.165, 1.54) is 0 Å². The van der Waals surface area contributed by atoms with Crippen molar-refractivity contribution in [3.8, 4) is 0 Å². The minimum Gasteiger partial charge on any atom is -0.352 e. The summed E-state index contributed by atoms with van der Waals surface area (Å²) in [4.78, 5) is 12.4. The largest absolute Gasteiger partial charge is 0.352 e. The van der Waals surface area contributed by atoms with Gasteiger partial charge in [-0.25, -0.2) is 0 Å². The first kappa shape index (κ1) is 16.0. The monoisotopic (exact) mass is 337 g/mol. The molecule has 0 bridgehead atoms. The number of benzene rings is 3. The van der Waals surface area contributed by atoms with Crippen molar-refractivity contribution in [3.05, 3.63) is 82.9 Å². The Kier molecular flexibility index (Phi) is 4.77. The molecular formula is C19H16ClN3O. The molecule has 0 aliphatic heterocycles. The van der Waals surface area contributed by atoms with Crippen molar-refractivity contribution < 1.29 is 4.79 Å². The summed E-state index contributed by atoms with van der Waals surface area (Å²) in [6.07, 6.45) is 0. The fraction of sp³-hybridized carbons (Fsp3) is 0.0526. The van der Waals surface area contributed by atoms with Crippen molar-refractivity contribution in [3.63, 3.8) is 0 Å². The van der Waals surface area contributed by atoms with Gasteiger partial charge >= 0.3 is 0 Å². The van der Waals surface area contributed by atoms with Crippen LogP contribution in [-0.4, -0.2) is 11.9 Å². The van der Waals surface area contributed by atoms with Crippen LogP contribution in [0.15, 0.2) is 66.7 Å². The lowest BCUT2D eigenvalue weighted by atomic mass is 10.0. The van der Waals surface area contributed by atoms with Crippen LogP contribution in [0, 0.1) is 5.41 Å². The lowest BCUT2D eigenvalue weighted by molar-refractivity contribution is 0.0977. The lowest BCUT2D eigenvalue weighted by Gasteiger charge is -2.11. The Morgan fingerprint density at radius 1 is 0.958 bits per heavy atom. The third-order valence-corrected chi connectivity index (χ3v) is 3.91. The highest BCUT2D eigenvalue weighted by Gasteiger charge is 2.11. The van der Waals surface area contributed by atoms with Crippen molar-refractivity contribution in [2.75, 3.05) is 0 Å². The topological polar surface area (TPSA) is 65.0 Å². The standard InChI is InChI=1S/C19H16ClN3O/c20-15-10-8-13(9-11-15)12-22-19(21)23-18(24)17-7-3-5-14-4-1-2-6-16(14)17/h1-11H,12H2,(H3,21,22,23,24). The van der Waals surface area contributed by atoms with E-state index < -0.39 is 0 Å². The molecule has 4 nitrogen and oxygen atoms in total. The van der Waals surface area contributed by atoms with Gasteiger partial charge in [0, 0.05) is 17.1 Å². The van der Waals surface area contributed by atoms with E-state index in [1.54, 1.807) is 18.2 Å². The van der Waals surface area contributed by atoms with Gasteiger partial charge < -0.3 is 5.32 Å². The van der Waals surface area contributed by atoms with Crippen LogP contribution in [0.1, 0.15) is 15.9 Å². The molecule has 5 heteroatoms. The Labute approximate surface area is 145 Å². The first-order valence-corrected chi connectivity index (χ1v) is 7.87. The maximum atomic E-state index is 12.4. The fourth-order valence-corrected chi connectivity index (χ4v) is 2.57. The van der Waals surface area contributed by atoms with Crippen molar-refractivity contribution >= 4 is 34.2 Å². The van der Waals surface area contributed by atoms with E-state index in [0.29, 0.717) is 17.1 Å². The molecule has 3 aromatic carbocycles. The zero-order valence-corrected chi connectivity index (χ0v) is 13.6. The second-order valence-corrected chi connectivity index (χ2v) is 5.77. The second kappa shape index (κ2) is 7.15. The van der Waals surface area contributed by atoms with E-state index in [2.05, 4.69) is 10.6 Å². The molecule has 0 atom stereocenters. The van der Waals surface area contributed by atoms with Crippen LogP contribution in [0.4, 0.5) is 0 Å². The predicted molar refractivity (Wildman–Crippen MR) is 97.4 cm³/mol. The summed E-state index contributed by atoms with van der Waals surface area (Å²) < 4.78 is 0. The highest BCUT2D eigenvalue weighted by atomic mass is 35.5.